The summed E-state index contributed by atoms with van der Waals surface area (Å²) in [4.78, 5) is 35.1. The van der Waals surface area contributed by atoms with Gasteiger partial charge in [0.05, 0.1) is 17.6 Å². The van der Waals surface area contributed by atoms with Crippen molar-refractivity contribution in [3.63, 3.8) is 0 Å². The van der Waals surface area contributed by atoms with Crippen molar-refractivity contribution in [1.29, 1.82) is 0 Å². The molecule has 0 radical (unpaired) electrons. The van der Waals surface area contributed by atoms with Gasteiger partial charge in [0.1, 0.15) is 17.9 Å². The van der Waals surface area contributed by atoms with Crippen LogP contribution in [-0.4, -0.2) is 54.1 Å². The lowest BCUT2D eigenvalue weighted by molar-refractivity contribution is 0.102. The zero-order chi connectivity index (χ0) is 24.4. The van der Waals surface area contributed by atoms with Gasteiger partial charge in [-0.05, 0) is 69.6 Å². The summed E-state index contributed by atoms with van der Waals surface area (Å²) < 4.78 is 5.59. The third-order valence-electron chi connectivity index (χ3n) is 6.76. The minimum absolute atomic E-state index is 0.00761. The molecule has 0 spiro atoms. The second-order valence-electron chi connectivity index (χ2n) is 9.13. The second kappa shape index (κ2) is 9.79. The lowest BCUT2D eigenvalue weighted by Crippen LogP contribution is -2.29. The van der Waals surface area contributed by atoms with E-state index in [-0.39, 0.29) is 5.56 Å². The van der Waals surface area contributed by atoms with Crippen molar-refractivity contribution in [3.8, 4) is 5.88 Å². The highest BCUT2D eigenvalue weighted by atomic mass is 16.5. The number of aromatic nitrogens is 2. The van der Waals surface area contributed by atoms with Crippen LogP contribution in [0.5, 0.6) is 5.88 Å². The van der Waals surface area contributed by atoms with E-state index in [1.807, 2.05) is 19.1 Å². The highest BCUT2D eigenvalue weighted by Crippen LogP contribution is 2.34. The maximum atomic E-state index is 13.2. The predicted molar refractivity (Wildman–Crippen MR) is 137 cm³/mol. The minimum Gasteiger partial charge on any atom is -0.474 e. The van der Waals surface area contributed by atoms with E-state index in [2.05, 4.69) is 50.0 Å². The number of anilines is 4. The van der Waals surface area contributed by atoms with E-state index in [0.29, 0.717) is 42.0 Å². The molecular weight excluding hydrogens is 444 g/mol. The Kier molecular flexibility index (Phi) is 6.41. The molecule has 2 aliphatic rings. The van der Waals surface area contributed by atoms with Crippen molar-refractivity contribution in [2.45, 2.75) is 25.7 Å². The van der Waals surface area contributed by atoms with Crippen molar-refractivity contribution in [2.75, 3.05) is 49.2 Å². The topological polar surface area (TPSA) is 111 Å². The van der Waals surface area contributed by atoms with Crippen molar-refractivity contribution < 1.29 is 9.53 Å². The van der Waals surface area contributed by atoms with Crippen LogP contribution in [0.1, 0.15) is 40.2 Å². The number of aromatic amines is 1. The molecule has 1 fully saturated rings. The molecule has 3 aromatic rings. The van der Waals surface area contributed by atoms with E-state index < -0.39 is 11.5 Å². The van der Waals surface area contributed by atoms with Gasteiger partial charge in [0.25, 0.3) is 11.5 Å². The summed E-state index contributed by atoms with van der Waals surface area (Å²) in [5.74, 6) is 0.607. The zero-order valence-corrected chi connectivity index (χ0v) is 20.0. The average molecular weight is 475 g/mol. The average Bonchev–Trinajstić information content (AvgIpc) is 2.87. The Balaban J connectivity index is 1.34. The first-order valence-corrected chi connectivity index (χ1v) is 11.9. The molecule has 0 saturated carbocycles. The Morgan fingerprint density at radius 2 is 1.91 bits per heavy atom. The number of carbonyl (C=O) groups is 1. The van der Waals surface area contributed by atoms with Crippen LogP contribution in [0.4, 0.5) is 22.7 Å². The quantitative estimate of drug-likeness (QED) is 0.446. The Labute approximate surface area is 203 Å². The lowest BCUT2D eigenvalue weighted by Gasteiger charge is -2.29. The number of ether oxygens (including phenoxy) is 1. The van der Waals surface area contributed by atoms with Crippen LogP contribution in [0.25, 0.3) is 0 Å². The number of pyridine rings is 2. The summed E-state index contributed by atoms with van der Waals surface area (Å²) >= 11 is 0. The van der Waals surface area contributed by atoms with Gasteiger partial charge in [0, 0.05) is 24.0 Å². The van der Waals surface area contributed by atoms with Crippen LogP contribution in [0, 0.1) is 6.92 Å². The number of hydrogen-bond donors (Lipinski definition) is 4. The molecule has 1 amide bonds. The monoisotopic (exact) mass is 474 g/mol. The molecule has 4 heterocycles. The number of carbonyl (C=O) groups excluding carboxylic acids is 1. The van der Waals surface area contributed by atoms with Gasteiger partial charge in [-0.3, -0.25) is 9.59 Å². The van der Waals surface area contributed by atoms with Gasteiger partial charge in [-0.2, -0.15) is 0 Å². The number of H-pyrrole nitrogens is 1. The number of benzene rings is 1. The van der Waals surface area contributed by atoms with Gasteiger partial charge in [-0.15, -0.1) is 0 Å². The molecule has 0 aliphatic carbocycles. The standard InChI is InChI=1S/C26H30N6O3/c1-16-21(15-29-26-23(16)27-11-14-35-26)31-20-7-10-28-24(33)22(20)25(34)30-19-5-3-17(4-6-19)18-8-12-32(2)13-9-18/h3-7,10,15,18,27H,8-9,11-14H2,1-2H3,(H,30,34)(H2,28,31,33). The first-order valence-electron chi connectivity index (χ1n) is 11.9. The third kappa shape index (κ3) is 4.85. The maximum Gasteiger partial charge on any atom is 0.263 e. The number of fused-ring (bicyclic) bond motifs is 1. The lowest BCUT2D eigenvalue weighted by atomic mass is 9.89. The van der Waals surface area contributed by atoms with Crippen molar-refractivity contribution >= 4 is 28.7 Å². The Hall–Kier alpha value is -3.85. The Morgan fingerprint density at radius 3 is 2.69 bits per heavy atom. The summed E-state index contributed by atoms with van der Waals surface area (Å²) in [6, 6.07) is 9.61. The summed E-state index contributed by atoms with van der Waals surface area (Å²) in [6.07, 6.45) is 5.43. The molecule has 0 atom stereocenters. The van der Waals surface area contributed by atoms with E-state index in [9.17, 15) is 9.59 Å². The molecule has 2 aliphatic heterocycles. The Bertz CT molecular complexity index is 1280. The predicted octanol–water partition coefficient (Wildman–Crippen LogP) is 3.69. The van der Waals surface area contributed by atoms with Crippen LogP contribution >= 0.6 is 0 Å². The second-order valence-corrected chi connectivity index (χ2v) is 9.13. The van der Waals surface area contributed by atoms with E-state index in [4.69, 9.17) is 4.74 Å². The molecule has 2 aromatic heterocycles. The Morgan fingerprint density at radius 1 is 1.14 bits per heavy atom. The van der Waals surface area contributed by atoms with Gasteiger partial charge in [0.2, 0.25) is 5.88 Å². The highest BCUT2D eigenvalue weighted by Gasteiger charge is 2.21. The fourth-order valence-corrected chi connectivity index (χ4v) is 4.67. The normalized spacial score (nSPS) is 16.1. The van der Waals surface area contributed by atoms with Gasteiger partial charge in [0.15, 0.2) is 0 Å². The molecule has 0 bridgehead atoms. The number of rotatable bonds is 5. The number of hydrogen-bond acceptors (Lipinski definition) is 7. The third-order valence-corrected chi connectivity index (χ3v) is 6.76. The molecule has 182 valence electrons. The van der Waals surface area contributed by atoms with Gasteiger partial charge >= 0.3 is 0 Å². The molecule has 1 aromatic carbocycles. The smallest absolute Gasteiger partial charge is 0.263 e. The van der Waals surface area contributed by atoms with Crippen LogP contribution in [0.15, 0.2) is 47.5 Å². The SMILES string of the molecule is Cc1c(Nc2cc[nH]c(=O)c2C(=O)Nc2ccc(C3CCN(C)CC3)cc2)cnc2c1NCCO2. The van der Waals surface area contributed by atoms with E-state index in [1.54, 1.807) is 12.3 Å². The number of nitrogens with zero attached hydrogens (tertiary/aromatic N) is 2. The molecule has 9 nitrogen and oxygen atoms in total. The van der Waals surface area contributed by atoms with Gasteiger partial charge < -0.3 is 30.6 Å². The molecule has 5 rings (SSSR count). The summed E-state index contributed by atoms with van der Waals surface area (Å²) in [5.41, 5.74) is 4.25. The summed E-state index contributed by atoms with van der Waals surface area (Å²) in [6.45, 7) is 5.37. The van der Waals surface area contributed by atoms with Crippen molar-refractivity contribution in [1.82, 2.24) is 14.9 Å². The van der Waals surface area contributed by atoms with Crippen LogP contribution in [0.3, 0.4) is 0 Å². The first kappa shape index (κ1) is 22.9. The van der Waals surface area contributed by atoms with Gasteiger partial charge in [-0.25, -0.2) is 4.98 Å². The van der Waals surface area contributed by atoms with E-state index in [1.165, 1.54) is 11.8 Å². The van der Waals surface area contributed by atoms with Crippen LogP contribution < -0.4 is 26.2 Å². The number of nitrogens with one attached hydrogen (secondary N) is 4. The van der Waals surface area contributed by atoms with E-state index >= 15 is 0 Å². The molecule has 4 N–H and O–H groups in total. The zero-order valence-electron chi connectivity index (χ0n) is 20.0. The van der Waals surface area contributed by atoms with Crippen LogP contribution in [-0.2, 0) is 0 Å². The summed E-state index contributed by atoms with van der Waals surface area (Å²) in [7, 11) is 2.15. The van der Waals surface area contributed by atoms with Gasteiger partial charge in [-0.1, -0.05) is 12.1 Å². The number of piperidine rings is 1. The molecular formula is C26H30N6O3. The fraction of sp³-hybridized carbons (Fsp3) is 0.346. The maximum absolute atomic E-state index is 13.2. The highest BCUT2D eigenvalue weighted by molar-refractivity contribution is 6.08. The minimum atomic E-state index is -0.480. The molecule has 0 unspecified atom stereocenters. The molecule has 9 heteroatoms. The van der Waals surface area contributed by atoms with Crippen molar-refractivity contribution in [3.05, 3.63) is 69.8 Å². The first-order chi connectivity index (χ1) is 17.0. The van der Waals surface area contributed by atoms with Crippen LogP contribution in [0.2, 0.25) is 0 Å². The molecule has 1 saturated heterocycles. The van der Waals surface area contributed by atoms with E-state index in [0.717, 1.165) is 37.2 Å². The number of likely N-dealkylation sites (tertiary alicyclic amines) is 1. The fourth-order valence-electron chi connectivity index (χ4n) is 4.67. The summed E-state index contributed by atoms with van der Waals surface area (Å²) in [5, 5.41) is 9.37. The van der Waals surface area contributed by atoms with Crippen molar-refractivity contribution in [2.24, 2.45) is 0 Å². The molecule has 35 heavy (non-hydrogen) atoms. The largest absolute Gasteiger partial charge is 0.474 e. The number of amides is 1.